The lowest BCUT2D eigenvalue weighted by atomic mass is 10.2. The summed E-state index contributed by atoms with van der Waals surface area (Å²) in [5.74, 6) is -0.229. The van der Waals surface area contributed by atoms with Gasteiger partial charge in [0.05, 0.1) is 26.2 Å². The van der Waals surface area contributed by atoms with Crippen molar-refractivity contribution in [2.45, 2.75) is 25.9 Å². The van der Waals surface area contributed by atoms with Crippen LogP contribution in [0.3, 0.4) is 0 Å². The third-order valence-corrected chi connectivity index (χ3v) is 2.32. The maximum absolute atomic E-state index is 11.0. The maximum atomic E-state index is 11.0. The summed E-state index contributed by atoms with van der Waals surface area (Å²) in [6.45, 7) is 2.50. The number of ether oxygens (including phenoxy) is 2. The average molecular weight is 222 g/mol. The molecule has 1 rings (SSSR count). The van der Waals surface area contributed by atoms with Crippen LogP contribution in [0.25, 0.3) is 0 Å². The second-order valence-electron chi connectivity index (χ2n) is 3.70. The Labute approximate surface area is 96.4 Å². The number of benzene rings is 1. The van der Waals surface area contributed by atoms with Crippen LogP contribution in [0.5, 0.6) is 0 Å². The molecule has 0 aliphatic carbocycles. The van der Waals surface area contributed by atoms with Crippen molar-refractivity contribution in [3.63, 3.8) is 0 Å². The molecule has 0 radical (unpaired) electrons. The molecule has 0 saturated carbocycles. The van der Waals surface area contributed by atoms with Crippen LogP contribution in [0.4, 0.5) is 0 Å². The summed E-state index contributed by atoms with van der Waals surface area (Å²) < 4.78 is 10.1. The van der Waals surface area contributed by atoms with Crippen molar-refractivity contribution < 1.29 is 14.3 Å². The Morgan fingerprint density at radius 1 is 1.31 bits per heavy atom. The lowest BCUT2D eigenvalue weighted by molar-refractivity contribution is -0.143. The van der Waals surface area contributed by atoms with Crippen molar-refractivity contribution in [1.29, 1.82) is 0 Å². The van der Waals surface area contributed by atoms with Crippen LogP contribution in [0.1, 0.15) is 18.9 Å². The minimum atomic E-state index is -0.229. The summed E-state index contributed by atoms with van der Waals surface area (Å²) in [6, 6.07) is 10.1. The highest BCUT2D eigenvalue weighted by Gasteiger charge is 2.08. The lowest BCUT2D eigenvalue weighted by Gasteiger charge is -2.11. The fraction of sp³-hybridized carbons (Fsp3) is 0.462. The number of rotatable bonds is 6. The van der Waals surface area contributed by atoms with Gasteiger partial charge in [-0.1, -0.05) is 30.3 Å². The molecule has 0 bridgehead atoms. The molecular formula is C13H18O3. The quantitative estimate of drug-likeness (QED) is 0.692. The Bertz CT molecular complexity index is 308. The molecule has 0 N–H and O–H groups in total. The highest BCUT2D eigenvalue weighted by atomic mass is 16.5. The van der Waals surface area contributed by atoms with Crippen LogP contribution >= 0.6 is 0 Å². The molecule has 0 spiro atoms. The van der Waals surface area contributed by atoms with Crippen molar-refractivity contribution >= 4 is 5.97 Å². The maximum Gasteiger partial charge on any atom is 0.308 e. The Kier molecular flexibility index (Phi) is 5.57. The van der Waals surface area contributed by atoms with Crippen LogP contribution in [-0.4, -0.2) is 25.8 Å². The van der Waals surface area contributed by atoms with Gasteiger partial charge in [0.2, 0.25) is 0 Å². The van der Waals surface area contributed by atoms with Crippen LogP contribution in [-0.2, 0) is 20.7 Å². The van der Waals surface area contributed by atoms with E-state index in [0.29, 0.717) is 13.0 Å². The first-order valence-electron chi connectivity index (χ1n) is 5.44. The van der Waals surface area contributed by atoms with Crippen LogP contribution < -0.4 is 0 Å². The summed E-state index contributed by atoms with van der Waals surface area (Å²) >= 11 is 0. The molecular weight excluding hydrogens is 204 g/mol. The molecule has 1 aromatic rings. The van der Waals surface area contributed by atoms with Gasteiger partial charge in [0.1, 0.15) is 0 Å². The summed E-state index contributed by atoms with van der Waals surface area (Å²) in [5, 5.41) is 0. The molecule has 1 aromatic carbocycles. The molecule has 0 aliphatic rings. The van der Waals surface area contributed by atoms with Gasteiger partial charge in [-0.15, -0.1) is 0 Å². The largest absolute Gasteiger partial charge is 0.469 e. The molecule has 0 saturated heterocycles. The van der Waals surface area contributed by atoms with Gasteiger partial charge in [-0.3, -0.25) is 4.79 Å². The number of methoxy groups -OCH3 is 1. The first-order valence-corrected chi connectivity index (χ1v) is 5.44. The number of carbonyl (C=O) groups is 1. The third-order valence-electron chi connectivity index (χ3n) is 2.32. The summed E-state index contributed by atoms with van der Waals surface area (Å²) in [6.07, 6.45) is 1.09. The van der Waals surface area contributed by atoms with Gasteiger partial charge in [-0.05, 0) is 18.9 Å². The predicted octanol–water partition coefficient (Wildman–Crippen LogP) is 2.20. The standard InChI is InChI=1S/C13H18O3/c1-11(10-13(14)15-2)16-9-8-12-6-4-3-5-7-12/h3-7,11H,8-10H2,1-2H3. The highest BCUT2D eigenvalue weighted by Crippen LogP contribution is 2.03. The van der Waals surface area contributed by atoms with E-state index >= 15 is 0 Å². The first kappa shape index (κ1) is 12.7. The second-order valence-corrected chi connectivity index (χ2v) is 3.70. The van der Waals surface area contributed by atoms with Gasteiger partial charge in [-0.2, -0.15) is 0 Å². The molecule has 1 unspecified atom stereocenters. The Morgan fingerprint density at radius 2 is 2.00 bits per heavy atom. The molecule has 0 amide bonds. The van der Waals surface area contributed by atoms with E-state index in [0.717, 1.165) is 6.42 Å². The molecule has 0 aromatic heterocycles. The molecule has 88 valence electrons. The number of hydrogen-bond donors (Lipinski definition) is 0. The minimum Gasteiger partial charge on any atom is -0.469 e. The van der Waals surface area contributed by atoms with Gasteiger partial charge in [0, 0.05) is 0 Å². The molecule has 3 nitrogen and oxygen atoms in total. The van der Waals surface area contributed by atoms with Crippen LogP contribution in [0, 0.1) is 0 Å². The Hall–Kier alpha value is -1.35. The smallest absolute Gasteiger partial charge is 0.308 e. The summed E-state index contributed by atoms with van der Waals surface area (Å²) in [5.41, 5.74) is 1.24. The monoisotopic (exact) mass is 222 g/mol. The van der Waals surface area contributed by atoms with Crippen LogP contribution in [0.15, 0.2) is 30.3 Å². The third kappa shape index (κ3) is 4.94. The van der Waals surface area contributed by atoms with Crippen molar-refractivity contribution in [1.82, 2.24) is 0 Å². The highest BCUT2D eigenvalue weighted by molar-refractivity contribution is 5.69. The normalized spacial score (nSPS) is 12.1. The first-order chi connectivity index (χ1) is 7.72. The fourth-order valence-electron chi connectivity index (χ4n) is 1.40. The van der Waals surface area contributed by atoms with Crippen LogP contribution in [0.2, 0.25) is 0 Å². The zero-order valence-electron chi connectivity index (χ0n) is 9.81. The van der Waals surface area contributed by atoms with Crippen molar-refractivity contribution in [2.75, 3.05) is 13.7 Å². The topological polar surface area (TPSA) is 35.5 Å². The van der Waals surface area contributed by atoms with E-state index in [1.54, 1.807) is 0 Å². The minimum absolute atomic E-state index is 0.0869. The van der Waals surface area contributed by atoms with Gasteiger partial charge in [-0.25, -0.2) is 0 Å². The molecule has 0 aliphatic heterocycles. The average Bonchev–Trinajstić information content (AvgIpc) is 2.30. The van der Waals surface area contributed by atoms with Gasteiger partial charge < -0.3 is 9.47 Å². The van der Waals surface area contributed by atoms with Crippen molar-refractivity contribution in [3.05, 3.63) is 35.9 Å². The van der Waals surface area contributed by atoms with E-state index in [9.17, 15) is 4.79 Å². The zero-order chi connectivity index (χ0) is 11.8. The molecule has 1 atom stereocenters. The van der Waals surface area contributed by atoms with Crippen molar-refractivity contribution in [3.8, 4) is 0 Å². The number of carbonyl (C=O) groups excluding carboxylic acids is 1. The van der Waals surface area contributed by atoms with E-state index in [1.165, 1.54) is 12.7 Å². The Balaban J connectivity index is 2.18. The van der Waals surface area contributed by atoms with E-state index in [2.05, 4.69) is 16.9 Å². The van der Waals surface area contributed by atoms with E-state index in [1.807, 2.05) is 25.1 Å². The summed E-state index contributed by atoms with van der Waals surface area (Å²) in [7, 11) is 1.39. The van der Waals surface area contributed by atoms with E-state index in [-0.39, 0.29) is 12.1 Å². The van der Waals surface area contributed by atoms with E-state index < -0.39 is 0 Å². The predicted molar refractivity (Wildman–Crippen MR) is 62.2 cm³/mol. The number of esters is 1. The lowest BCUT2D eigenvalue weighted by Crippen LogP contribution is -2.16. The van der Waals surface area contributed by atoms with E-state index in [4.69, 9.17) is 4.74 Å². The summed E-state index contributed by atoms with van der Waals surface area (Å²) in [4.78, 5) is 11.0. The second kappa shape index (κ2) is 7.01. The fourth-order valence-corrected chi connectivity index (χ4v) is 1.40. The molecule has 0 fully saturated rings. The van der Waals surface area contributed by atoms with Gasteiger partial charge >= 0.3 is 5.97 Å². The SMILES string of the molecule is COC(=O)CC(C)OCCc1ccccc1. The van der Waals surface area contributed by atoms with Gasteiger partial charge in [0.25, 0.3) is 0 Å². The number of hydrogen-bond acceptors (Lipinski definition) is 3. The Morgan fingerprint density at radius 3 is 2.62 bits per heavy atom. The molecule has 0 heterocycles. The zero-order valence-corrected chi connectivity index (χ0v) is 9.81. The van der Waals surface area contributed by atoms with Gasteiger partial charge in [0.15, 0.2) is 0 Å². The molecule has 3 heteroatoms. The molecule has 16 heavy (non-hydrogen) atoms. The van der Waals surface area contributed by atoms with Crippen molar-refractivity contribution in [2.24, 2.45) is 0 Å².